The zero-order valence-electron chi connectivity index (χ0n) is 19.7. The van der Waals surface area contributed by atoms with E-state index in [2.05, 4.69) is 15.5 Å². The Hall–Kier alpha value is -3.92. The maximum absolute atomic E-state index is 12.6. The van der Waals surface area contributed by atoms with Crippen molar-refractivity contribution in [2.75, 3.05) is 33.6 Å². The molecule has 35 heavy (non-hydrogen) atoms. The Balaban J connectivity index is 1.43. The molecule has 1 N–H and O–H groups in total. The van der Waals surface area contributed by atoms with Crippen molar-refractivity contribution in [3.63, 3.8) is 0 Å². The molecule has 0 aliphatic heterocycles. The van der Waals surface area contributed by atoms with Crippen molar-refractivity contribution >= 4 is 17.7 Å². The standard InChI is InChI=1S/C25H26N4O5S/c1-31-19-8-5-4-7-18(19)29-24(21-9-6-14-34-21)27-28-25(29)35-16-23(30)26-13-12-17-10-11-20(32-2)22(15-17)33-3/h4-11,14-15H,12-13,16H2,1-3H3,(H,26,30). The Kier molecular flexibility index (Phi) is 7.94. The number of hydrogen-bond acceptors (Lipinski definition) is 8. The van der Waals surface area contributed by atoms with Crippen molar-refractivity contribution < 1.29 is 23.4 Å². The van der Waals surface area contributed by atoms with Gasteiger partial charge in [0, 0.05) is 6.54 Å². The van der Waals surface area contributed by atoms with E-state index in [9.17, 15) is 4.79 Å². The van der Waals surface area contributed by atoms with E-state index >= 15 is 0 Å². The lowest BCUT2D eigenvalue weighted by molar-refractivity contribution is -0.118. The number of benzene rings is 2. The van der Waals surface area contributed by atoms with Gasteiger partial charge in [0.25, 0.3) is 0 Å². The van der Waals surface area contributed by atoms with Crippen molar-refractivity contribution in [3.05, 3.63) is 66.4 Å². The van der Waals surface area contributed by atoms with Gasteiger partial charge in [-0.2, -0.15) is 0 Å². The van der Waals surface area contributed by atoms with Crippen molar-refractivity contribution in [1.82, 2.24) is 20.1 Å². The molecule has 4 aromatic rings. The van der Waals surface area contributed by atoms with Gasteiger partial charge in [-0.25, -0.2) is 0 Å². The third-order valence-corrected chi connectivity index (χ3v) is 6.15. The number of methoxy groups -OCH3 is 3. The molecule has 0 aliphatic carbocycles. The van der Waals surface area contributed by atoms with E-state index in [4.69, 9.17) is 18.6 Å². The minimum absolute atomic E-state index is 0.107. The monoisotopic (exact) mass is 494 g/mol. The van der Waals surface area contributed by atoms with E-state index in [0.29, 0.717) is 47.0 Å². The highest BCUT2D eigenvalue weighted by atomic mass is 32.2. The van der Waals surface area contributed by atoms with Crippen molar-refractivity contribution in [2.24, 2.45) is 0 Å². The lowest BCUT2D eigenvalue weighted by Crippen LogP contribution is -2.27. The van der Waals surface area contributed by atoms with Crippen LogP contribution < -0.4 is 19.5 Å². The first-order valence-corrected chi connectivity index (χ1v) is 11.9. The summed E-state index contributed by atoms with van der Waals surface area (Å²) < 4.78 is 23.5. The number of rotatable bonds is 11. The molecule has 0 unspecified atom stereocenters. The molecule has 0 radical (unpaired) electrons. The van der Waals surface area contributed by atoms with Crippen molar-refractivity contribution in [1.29, 1.82) is 0 Å². The largest absolute Gasteiger partial charge is 0.495 e. The number of carbonyl (C=O) groups excluding carboxylic acids is 1. The van der Waals surface area contributed by atoms with Crippen LogP contribution in [-0.4, -0.2) is 54.3 Å². The topological polar surface area (TPSA) is 101 Å². The predicted molar refractivity (Wildman–Crippen MR) is 133 cm³/mol. The van der Waals surface area contributed by atoms with Gasteiger partial charge in [-0.05, 0) is 48.4 Å². The third-order valence-electron chi connectivity index (χ3n) is 5.22. The normalized spacial score (nSPS) is 10.7. The smallest absolute Gasteiger partial charge is 0.230 e. The van der Waals surface area contributed by atoms with Gasteiger partial charge in [-0.1, -0.05) is 30.0 Å². The maximum atomic E-state index is 12.6. The first kappa shape index (κ1) is 24.2. The number of nitrogens with zero attached hydrogens (tertiary/aromatic N) is 3. The Morgan fingerprint density at radius 3 is 2.51 bits per heavy atom. The molecule has 0 aliphatic rings. The fourth-order valence-electron chi connectivity index (χ4n) is 3.52. The van der Waals surface area contributed by atoms with E-state index in [0.717, 1.165) is 11.3 Å². The highest BCUT2D eigenvalue weighted by molar-refractivity contribution is 7.99. The zero-order valence-corrected chi connectivity index (χ0v) is 20.5. The number of para-hydroxylation sites is 2. The quantitative estimate of drug-likeness (QED) is 0.312. The van der Waals surface area contributed by atoms with Gasteiger partial charge in [0.15, 0.2) is 22.4 Å². The summed E-state index contributed by atoms with van der Waals surface area (Å²) >= 11 is 1.29. The number of nitrogens with one attached hydrogen (secondary N) is 1. The molecule has 0 saturated carbocycles. The summed E-state index contributed by atoms with van der Waals surface area (Å²) in [4.78, 5) is 12.6. The number of ether oxygens (including phenoxy) is 3. The summed E-state index contributed by atoms with van der Waals surface area (Å²) in [6, 6.07) is 16.9. The number of amides is 1. The maximum Gasteiger partial charge on any atom is 0.230 e. The molecule has 9 nitrogen and oxygen atoms in total. The minimum Gasteiger partial charge on any atom is -0.495 e. The van der Waals surface area contributed by atoms with Gasteiger partial charge in [-0.3, -0.25) is 9.36 Å². The van der Waals surface area contributed by atoms with Gasteiger partial charge in [0.05, 0.1) is 39.0 Å². The van der Waals surface area contributed by atoms with Gasteiger partial charge >= 0.3 is 0 Å². The summed E-state index contributed by atoms with van der Waals surface area (Å²) in [6.07, 6.45) is 2.24. The Morgan fingerprint density at radius 1 is 0.971 bits per heavy atom. The Bertz CT molecular complexity index is 1270. The molecule has 1 amide bonds. The average molecular weight is 495 g/mol. The molecule has 10 heteroatoms. The molecule has 0 spiro atoms. The van der Waals surface area contributed by atoms with Crippen LogP contribution in [-0.2, 0) is 11.2 Å². The fourth-order valence-corrected chi connectivity index (χ4v) is 4.30. The van der Waals surface area contributed by atoms with Gasteiger partial charge in [0.1, 0.15) is 5.75 Å². The summed E-state index contributed by atoms with van der Waals surface area (Å²) in [5.74, 6) is 3.15. The molecule has 0 saturated heterocycles. The summed E-state index contributed by atoms with van der Waals surface area (Å²) in [6.45, 7) is 0.492. The number of aromatic nitrogens is 3. The molecule has 2 aromatic heterocycles. The second-order valence-corrected chi connectivity index (χ2v) is 8.31. The van der Waals surface area contributed by atoms with E-state index in [-0.39, 0.29) is 11.7 Å². The molecule has 0 bridgehead atoms. The van der Waals surface area contributed by atoms with E-state index in [1.165, 1.54) is 11.8 Å². The fraction of sp³-hybridized carbons (Fsp3) is 0.240. The van der Waals surface area contributed by atoms with Crippen LogP contribution in [0, 0.1) is 0 Å². The summed E-state index contributed by atoms with van der Waals surface area (Å²) in [5, 5.41) is 12.1. The Morgan fingerprint density at radius 2 is 1.77 bits per heavy atom. The minimum atomic E-state index is -0.107. The lowest BCUT2D eigenvalue weighted by Gasteiger charge is -2.13. The van der Waals surface area contributed by atoms with Crippen molar-refractivity contribution in [3.8, 4) is 34.5 Å². The van der Waals surface area contributed by atoms with Crippen LogP contribution in [0.3, 0.4) is 0 Å². The molecule has 4 rings (SSSR count). The van der Waals surface area contributed by atoms with Crippen LogP contribution in [0.1, 0.15) is 5.56 Å². The lowest BCUT2D eigenvalue weighted by atomic mass is 10.1. The summed E-state index contributed by atoms with van der Waals surface area (Å²) in [7, 11) is 4.80. The zero-order chi connectivity index (χ0) is 24.6. The number of furan rings is 1. The molecule has 0 fully saturated rings. The highest BCUT2D eigenvalue weighted by Gasteiger charge is 2.21. The molecular weight excluding hydrogens is 468 g/mol. The summed E-state index contributed by atoms with van der Waals surface area (Å²) in [5.41, 5.74) is 1.79. The Labute approximate surface area is 207 Å². The van der Waals surface area contributed by atoms with Gasteiger partial charge < -0.3 is 23.9 Å². The molecule has 2 aromatic carbocycles. The van der Waals surface area contributed by atoms with Crippen LogP contribution in [0.25, 0.3) is 17.3 Å². The molecular formula is C25H26N4O5S. The predicted octanol–water partition coefficient (Wildman–Crippen LogP) is 4.00. The van der Waals surface area contributed by atoms with E-state index in [1.54, 1.807) is 33.7 Å². The van der Waals surface area contributed by atoms with E-state index < -0.39 is 0 Å². The number of carbonyl (C=O) groups is 1. The molecule has 0 atom stereocenters. The van der Waals surface area contributed by atoms with Gasteiger partial charge in [-0.15, -0.1) is 10.2 Å². The van der Waals surface area contributed by atoms with Gasteiger partial charge in [0.2, 0.25) is 11.7 Å². The average Bonchev–Trinajstić information content (AvgIpc) is 3.57. The number of hydrogen-bond donors (Lipinski definition) is 1. The van der Waals surface area contributed by atoms with Crippen LogP contribution in [0.15, 0.2) is 70.4 Å². The second kappa shape index (κ2) is 11.5. The van der Waals surface area contributed by atoms with Crippen LogP contribution in [0.4, 0.5) is 0 Å². The highest BCUT2D eigenvalue weighted by Crippen LogP contribution is 2.32. The SMILES string of the molecule is COc1ccc(CCNC(=O)CSc2nnc(-c3ccco3)n2-c2ccccc2OC)cc1OC. The second-order valence-electron chi connectivity index (χ2n) is 7.37. The van der Waals surface area contributed by atoms with Crippen LogP contribution in [0.2, 0.25) is 0 Å². The van der Waals surface area contributed by atoms with Crippen LogP contribution >= 0.6 is 11.8 Å². The van der Waals surface area contributed by atoms with Crippen molar-refractivity contribution in [2.45, 2.75) is 11.6 Å². The van der Waals surface area contributed by atoms with Crippen LogP contribution in [0.5, 0.6) is 17.2 Å². The first-order chi connectivity index (χ1) is 17.1. The number of thioether (sulfide) groups is 1. The molecule has 182 valence electrons. The van der Waals surface area contributed by atoms with E-state index in [1.807, 2.05) is 53.1 Å². The first-order valence-electron chi connectivity index (χ1n) is 10.9. The molecule has 2 heterocycles. The third kappa shape index (κ3) is 5.60.